The normalized spacial score (nSPS) is 12.8. The summed E-state index contributed by atoms with van der Waals surface area (Å²) in [6, 6.07) is 5.57. The Bertz CT molecular complexity index is 1020. The Morgan fingerprint density at radius 1 is 1.20 bits per heavy atom. The molecule has 0 saturated carbocycles. The van der Waals surface area contributed by atoms with Crippen molar-refractivity contribution in [3.05, 3.63) is 70.6 Å². The van der Waals surface area contributed by atoms with Gasteiger partial charge in [0, 0.05) is 30.8 Å². The van der Waals surface area contributed by atoms with Crippen molar-refractivity contribution in [2.45, 2.75) is 6.42 Å². The number of rotatable bonds is 7. The van der Waals surface area contributed by atoms with Crippen molar-refractivity contribution in [2.75, 3.05) is 25.1 Å². The molecule has 6 nitrogen and oxygen atoms in total. The quantitative estimate of drug-likeness (QED) is 0.690. The molecule has 0 bridgehead atoms. The molecule has 0 fully saturated rings. The molecule has 3 rings (SSSR count). The zero-order chi connectivity index (χ0) is 21.8. The van der Waals surface area contributed by atoms with E-state index in [4.69, 9.17) is 16.3 Å². The van der Waals surface area contributed by atoms with Gasteiger partial charge in [0.1, 0.15) is 11.6 Å². The average Bonchev–Trinajstić information content (AvgIpc) is 2.70. The van der Waals surface area contributed by atoms with E-state index in [2.05, 4.69) is 17.2 Å². The summed E-state index contributed by atoms with van der Waals surface area (Å²) in [6.45, 7) is 3.67. The van der Waals surface area contributed by atoms with E-state index in [1.807, 2.05) is 0 Å². The topological polar surface area (TPSA) is 70.7 Å². The van der Waals surface area contributed by atoms with Crippen LogP contribution in [0.1, 0.15) is 16.8 Å². The minimum Gasteiger partial charge on any atom is -0.484 e. The molecule has 2 amide bonds. The summed E-state index contributed by atoms with van der Waals surface area (Å²) in [5.74, 6) is -3.65. The minimum absolute atomic E-state index is 0.00562. The molecule has 10 heteroatoms. The maximum absolute atomic E-state index is 13.5. The number of carbonyl (C=O) groups excluding carboxylic acids is 2. The Morgan fingerprint density at radius 3 is 2.67 bits per heavy atom. The second-order valence-corrected chi connectivity index (χ2v) is 6.82. The fraction of sp³-hybridized carbons (Fsp3) is 0.200. The highest BCUT2D eigenvalue weighted by atomic mass is 35.5. The third-order valence-electron chi connectivity index (χ3n) is 4.34. The first-order valence-electron chi connectivity index (χ1n) is 8.83. The van der Waals surface area contributed by atoms with Crippen molar-refractivity contribution >= 4 is 29.1 Å². The molecule has 0 spiro atoms. The molecule has 0 aliphatic carbocycles. The van der Waals surface area contributed by atoms with E-state index >= 15 is 0 Å². The largest absolute Gasteiger partial charge is 0.484 e. The standard InChI is InChI=1S/C20H17ClF3N3O3/c1-11(27-10-26-18-8-17(24)16(23)7-13(18)20(27)29)4-5-25-19(28)9-30-12-2-3-14(21)15(22)6-12/h2-3,6-8,26H,1,4-5,9-10H2,(H,25,28). The van der Waals surface area contributed by atoms with Crippen molar-refractivity contribution in [1.29, 1.82) is 0 Å². The lowest BCUT2D eigenvalue weighted by Gasteiger charge is -2.31. The van der Waals surface area contributed by atoms with Crippen LogP contribution in [0.2, 0.25) is 5.02 Å². The van der Waals surface area contributed by atoms with E-state index in [0.29, 0.717) is 5.70 Å². The van der Waals surface area contributed by atoms with Gasteiger partial charge < -0.3 is 15.4 Å². The highest BCUT2D eigenvalue weighted by Crippen LogP contribution is 2.27. The SMILES string of the molecule is C=C(CCNC(=O)COc1ccc(Cl)c(F)c1)N1CNc2cc(F)c(F)cc2C1=O. The van der Waals surface area contributed by atoms with Crippen LogP contribution in [0.15, 0.2) is 42.6 Å². The average molecular weight is 440 g/mol. The van der Waals surface area contributed by atoms with Crippen molar-refractivity contribution in [3.8, 4) is 5.75 Å². The molecule has 1 aliphatic rings. The molecule has 1 heterocycles. The van der Waals surface area contributed by atoms with E-state index in [1.165, 1.54) is 17.0 Å². The van der Waals surface area contributed by atoms with E-state index < -0.39 is 29.3 Å². The molecule has 0 unspecified atom stereocenters. The van der Waals surface area contributed by atoms with E-state index in [-0.39, 0.29) is 48.3 Å². The van der Waals surface area contributed by atoms with Gasteiger partial charge in [0.15, 0.2) is 18.2 Å². The number of nitrogens with one attached hydrogen (secondary N) is 2. The van der Waals surface area contributed by atoms with Crippen molar-refractivity contribution < 1.29 is 27.5 Å². The summed E-state index contributed by atoms with van der Waals surface area (Å²) < 4.78 is 45.3. The number of ether oxygens (including phenoxy) is 1. The van der Waals surface area contributed by atoms with Crippen LogP contribution in [0.3, 0.4) is 0 Å². The van der Waals surface area contributed by atoms with Crippen molar-refractivity contribution in [1.82, 2.24) is 10.2 Å². The van der Waals surface area contributed by atoms with Gasteiger partial charge in [-0.15, -0.1) is 0 Å². The van der Waals surface area contributed by atoms with Crippen molar-refractivity contribution in [2.24, 2.45) is 0 Å². The number of hydrogen-bond donors (Lipinski definition) is 2. The van der Waals surface area contributed by atoms with Crippen LogP contribution in [0.4, 0.5) is 18.9 Å². The fourth-order valence-electron chi connectivity index (χ4n) is 2.75. The summed E-state index contributed by atoms with van der Waals surface area (Å²) in [6.07, 6.45) is 0.230. The molecule has 158 valence electrons. The third kappa shape index (κ3) is 4.85. The van der Waals surface area contributed by atoms with E-state index in [9.17, 15) is 22.8 Å². The lowest BCUT2D eigenvalue weighted by atomic mass is 10.1. The van der Waals surface area contributed by atoms with Crippen LogP contribution in [0, 0.1) is 17.5 Å². The molecule has 0 radical (unpaired) electrons. The number of nitrogens with zero attached hydrogens (tertiary/aromatic N) is 1. The lowest BCUT2D eigenvalue weighted by molar-refractivity contribution is -0.123. The van der Waals surface area contributed by atoms with Crippen LogP contribution in [0.25, 0.3) is 0 Å². The number of hydrogen-bond acceptors (Lipinski definition) is 4. The summed E-state index contributed by atoms with van der Waals surface area (Å²) in [5.41, 5.74) is 0.574. The maximum Gasteiger partial charge on any atom is 0.261 e. The van der Waals surface area contributed by atoms with Gasteiger partial charge >= 0.3 is 0 Å². The lowest BCUT2D eigenvalue weighted by Crippen LogP contribution is -2.40. The van der Waals surface area contributed by atoms with E-state index in [0.717, 1.165) is 18.2 Å². The van der Waals surface area contributed by atoms with Gasteiger partial charge in [0.25, 0.3) is 11.8 Å². The summed E-state index contributed by atoms with van der Waals surface area (Å²) in [4.78, 5) is 25.7. The number of anilines is 1. The van der Waals surface area contributed by atoms with Gasteiger partial charge in [-0.3, -0.25) is 14.5 Å². The highest BCUT2D eigenvalue weighted by molar-refractivity contribution is 6.30. The predicted molar refractivity (Wildman–Crippen MR) is 105 cm³/mol. The first-order valence-corrected chi connectivity index (χ1v) is 9.21. The number of carbonyl (C=O) groups is 2. The van der Waals surface area contributed by atoms with Crippen LogP contribution >= 0.6 is 11.6 Å². The van der Waals surface area contributed by atoms with Gasteiger partial charge in [-0.05, 0) is 18.2 Å². The molecular formula is C20H17ClF3N3O3. The van der Waals surface area contributed by atoms with Gasteiger partial charge in [-0.1, -0.05) is 18.2 Å². The molecule has 0 atom stereocenters. The molecule has 0 saturated heterocycles. The Labute approximate surface area is 175 Å². The highest BCUT2D eigenvalue weighted by Gasteiger charge is 2.27. The summed E-state index contributed by atoms with van der Waals surface area (Å²) >= 11 is 5.57. The molecule has 2 aromatic carbocycles. The second kappa shape index (κ2) is 9.08. The first kappa shape index (κ1) is 21.5. The smallest absolute Gasteiger partial charge is 0.261 e. The molecule has 2 N–H and O–H groups in total. The Morgan fingerprint density at radius 2 is 1.93 bits per heavy atom. The van der Waals surface area contributed by atoms with Crippen LogP contribution < -0.4 is 15.4 Å². The minimum atomic E-state index is -1.12. The van der Waals surface area contributed by atoms with Crippen LogP contribution in [0.5, 0.6) is 5.75 Å². The molecular weight excluding hydrogens is 423 g/mol. The van der Waals surface area contributed by atoms with Gasteiger partial charge in [-0.2, -0.15) is 0 Å². The number of fused-ring (bicyclic) bond motifs is 1. The zero-order valence-corrected chi connectivity index (χ0v) is 16.4. The second-order valence-electron chi connectivity index (χ2n) is 6.41. The van der Waals surface area contributed by atoms with Crippen LogP contribution in [-0.2, 0) is 4.79 Å². The summed E-state index contributed by atoms with van der Waals surface area (Å²) in [7, 11) is 0. The number of amides is 2. The Kier molecular flexibility index (Phi) is 6.51. The van der Waals surface area contributed by atoms with Gasteiger partial charge in [-0.25, -0.2) is 13.2 Å². The van der Waals surface area contributed by atoms with Crippen LogP contribution in [-0.4, -0.2) is 36.5 Å². The summed E-state index contributed by atoms with van der Waals surface area (Å²) in [5, 5.41) is 5.36. The third-order valence-corrected chi connectivity index (χ3v) is 4.65. The monoisotopic (exact) mass is 439 g/mol. The predicted octanol–water partition coefficient (Wildman–Crippen LogP) is 3.68. The Balaban J connectivity index is 1.47. The molecule has 2 aromatic rings. The first-order chi connectivity index (χ1) is 14.3. The molecule has 1 aliphatic heterocycles. The fourth-order valence-corrected chi connectivity index (χ4v) is 2.87. The molecule has 0 aromatic heterocycles. The van der Waals surface area contributed by atoms with Gasteiger partial charge in [0.2, 0.25) is 0 Å². The van der Waals surface area contributed by atoms with E-state index in [1.54, 1.807) is 0 Å². The molecule has 30 heavy (non-hydrogen) atoms. The zero-order valence-electron chi connectivity index (χ0n) is 15.6. The number of benzene rings is 2. The van der Waals surface area contributed by atoms with Crippen molar-refractivity contribution in [3.63, 3.8) is 0 Å². The van der Waals surface area contributed by atoms with Gasteiger partial charge in [0.05, 0.1) is 22.9 Å². The Hall–Kier alpha value is -3.20. The number of halogens is 4. The maximum atomic E-state index is 13.5.